The molecule has 1 atom stereocenters. The molecule has 0 bridgehead atoms. The maximum atomic E-state index is 14.1. The number of carbonyl (C=O) groups is 1. The van der Waals surface area contributed by atoms with Crippen molar-refractivity contribution in [3.05, 3.63) is 106 Å². The zero-order valence-corrected chi connectivity index (χ0v) is 28.4. The van der Waals surface area contributed by atoms with E-state index >= 15 is 0 Å². The molecule has 0 spiro atoms. The number of oxazole rings is 1. The predicted octanol–water partition coefficient (Wildman–Crippen LogP) is 2.60. The summed E-state index contributed by atoms with van der Waals surface area (Å²) in [4.78, 5) is 34.8. The molecule has 11 nitrogen and oxygen atoms in total. The van der Waals surface area contributed by atoms with Gasteiger partial charge >= 0.3 is 179 Å². The number of nitriles is 1. The van der Waals surface area contributed by atoms with Gasteiger partial charge in [-0.15, -0.1) is 0 Å². The number of hydrogen-bond acceptors (Lipinski definition) is 6. The molecular weight excluding hydrogens is 728 g/mol. The molecule has 5 aromatic rings. The second kappa shape index (κ2) is 13.2. The number of hydrogen-bond donors (Lipinski definition) is 1. The third-order valence-corrected chi connectivity index (χ3v) is 10.6. The van der Waals surface area contributed by atoms with Gasteiger partial charge in [0.15, 0.2) is 0 Å². The number of nitrogens with one attached hydrogen (secondary N) is 1. The Bertz CT molecular complexity index is 2020. The van der Waals surface area contributed by atoms with E-state index in [0.717, 1.165) is 24.0 Å². The van der Waals surface area contributed by atoms with Crippen LogP contribution in [0.4, 0.5) is 18.0 Å². The molecule has 1 amide bonds. The van der Waals surface area contributed by atoms with Crippen LogP contribution < -0.4 is 32.5 Å². The van der Waals surface area contributed by atoms with Crippen molar-refractivity contribution < 1.29 is 46.6 Å². The Morgan fingerprint density at radius 3 is 2.51 bits per heavy atom. The van der Waals surface area contributed by atoms with E-state index in [-0.39, 0.29) is 44.4 Å². The Labute approximate surface area is 279 Å². The molecule has 15 heteroatoms. The van der Waals surface area contributed by atoms with Gasteiger partial charge in [0.05, 0.1) is 29.1 Å². The third-order valence-electron chi connectivity index (χ3n) is 7.61. The van der Waals surface area contributed by atoms with Crippen molar-refractivity contribution in [1.29, 1.82) is 5.26 Å². The number of carbonyl (C=O) groups excluding carboxylic acids is 1. The van der Waals surface area contributed by atoms with Gasteiger partial charge in [-0.1, -0.05) is 6.07 Å². The van der Waals surface area contributed by atoms with Crippen LogP contribution in [0.2, 0.25) is 0 Å². The van der Waals surface area contributed by atoms with E-state index in [1.165, 1.54) is 23.0 Å². The van der Waals surface area contributed by atoms with Crippen molar-refractivity contribution in [3.8, 4) is 28.8 Å². The summed E-state index contributed by atoms with van der Waals surface area (Å²) < 4.78 is 51.2. The van der Waals surface area contributed by atoms with Crippen LogP contribution in [0.1, 0.15) is 47.9 Å². The van der Waals surface area contributed by atoms with E-state index in [1.807, 2.05) is 6.92 Å². The van der Waals surface area contributed by atoms with Gasteiger partial charge in [0.1, 0.15) is 0 Å². The van der Waals surface area contributed by atoms with E-state index in [4.69, 9.17) is 4.42 Å². The van der Waals surface area contributed by atoms with Crippen molar-refractivity contribution >= 4 is 6.03 Å². The molecule has 0 aliphatic rings. The number of alkyl halides is 4. The summed E-state index contributed by atoms with van der Waals surface area (Å²) in [5, 5.41) is 16.5. The van der Waals surface area contributed by atoms with Crippen LogP contribution in [0.3, 0.4) is 0 Å². The molecule has 47 heavy (non-hydrogen) atoms. The zero-order valence-electron chi connectivity index (χ0n) is 26.2. The number of benzene rings is 2. The normalized spacial score (nSPS) is 12.7. The van der Waals surface area contributed by atoms with E-state index in [0.29, 0.717) is 35.7 Å². The van der Waals surface area contributed by atoms with Crippen molar-refractivity contribution in [2.24, 2.45) is 0 Å². The second-order valence-corrected chi connectivity index (χ2v) is 14.7. The van der Waals surface area contributed by atoms with E-state index in [1.54, 1.807) is 43.5 Å². The van der Waals surface area contributed by atoms with Crippen LogP contribution in [0.5, 0.6) is 0 Å². The first-order valence-electron chi connectivity index (χ1n) is 14.4. The van der Waals surface area contributed by atoms with Gasteiger partial charge in [-0.2, -0.15) is 23.5 Å². The summed E-state index contributed by atoms with van der Waals surface area (Å²) in [6.07, 6.45) is -1.17. The van der Waals surface area contributed by atoms with Gasteiger partial charge in [0.25, 0.3) is 0 Å². The van der Waals surface area contributed by atoms with Crippen molar-refractivity contribution in [2.45, 2.75) is 39.0 Å². The number of rotatable bonds is 9. The summed E-state index contributed by atoms with van der Waals surface area (Å²) in [7, 11) is 4.20. The molecule has 0 aliphatic heterocycles. The SMILES string of the molecule is CC[C@H](NC(=O)n1c(-c2ccnn2-c2ccc(C#N)cc2)c(C)n(-c2cccc(C(F)(F)F)c2)c1=O)c1ncc(C[N+](C)(C)[I-]C)o1. The summed E-state index contributed by atoms with van der Waals surface area (Å²) in [6.45, 7) is 4.00. The maximum absolute atomic E-state index is 14.1. The van der Waals surface area contributed by atoms with Gasteiger partial charge < -0.3 is 0 Å². The second-order valence-electron chi connectivity index (χ2n) is 11.2. The summed E-state index contributed by atoms with van der Waals surface area (Å²) >= 11 is -0.143. The van der Waals surface area contributed by atoms with Crippen LogP contribution >= 0.6 is 0 Å². The van der Waals surface area contributed by atoms with Gasteiger partial charge in [0.2, 0.25) is 0 Å². The standard InChI is InChI=1S/C32H32F3IN8O3/c1-6-26(29-38-18-25(47-29)19-44(4,5)36-3)40-30(45)42-28(27-14-15-39-43(27)23-12-10-21(17-37)11-13-23)20(2)41(31(42)46)24-9-7-8-22(16-24)32(33,34)35/h7-16,18,26H,6,19H2,1-5H3,(H,40,45)/t26-/m0/s1. The Morgan fingerprint density at radius 1 is 1.15 bits per heavy atom. The topological polar surface area (TPSA) is 124 Å². The number of halogens is 4. The number of nitrogens with zero attached hydrogens (tertiary/aromatic N) is 7. The Balaban J connectivity index is 1.64. The molecular formula is C32H32F3IN8O3. The van der Waals surface area contributed by atoms with Crippen molar-refractivity contribution in [2.75, 3.05) is 19.0 Å². The molecule has 1 N–H and O–H groups in total. The molecule has 0 saturated heterocycles. The van der Waals surface area contributed by atoms with Crippen molar-refractivity contribution in [1.82, 2.24) is 29.2 Å². The molecule has 3 heterocycles. The fraction of sp³-hybridized carbons (Fsp3) is 0.281. The Morgan fingerprint density at radius 2 is 1.87 bits per heavy atom. The first-order valence-corrected chi connectivity index (χ1v) is 17.6. The number of imidazole rings is 1. The first-order chi connectivity index (χ1) is 22.3. The van der Waals surface area contributed by atoms with Gasteiger partial charge in [-0.05, 0) is 42.5 Å². The van der Waals surface area contributed by atoms with Crippen molar-refractivity contribution in [3.63, 3.8) is 0 Å². The van der Waals surface area contributed by atoms with Gasteiger partial charge in [-0.25, -0.2) is 0 Å². The fourth-order valence-corrected chi connectivity index (χ4v) is 5.80. The van der Waals surface area contributed by atoms with Crippen LogP contribution in [-0.4, -0.2) is 51.7 Å². The zero-order chi connectivity index (χ0) is 34.1. The van der Waals surface area contributed by atoms with Crippen LogP contribution in [-0.2, 0) is 12.7 Å². The monoisotopic (exact) mass is 760 g/mol. The number of amides is 1. The minimum absolute atomic E-state index is 0.0663. The van der Waals surface area contributed by atoms with E-state index in [2.05, 4.69) is 40.5 Å². The van der Waals surface area contributed by atoms with Crippen LogP contribution in [0.25, 0.3) is 22.8 Å². The average molecular weight is 761 g/mol. The fourth-order valence-electron chi connectivity index (χ4n) is 5.13. The number of aromatic nitrogens is 5. The van der Waals surface area contributed by atoms with Gasteiger partial charge in [0, 0.05) is 0 Å². The number of quaternary nitrogens is 1. The van der Waals surface area contributed by atoms with Crippen LogP contribution in [0.15, 0.2) is 76.2 Å². The molecule has 0 saturated carbocycles. The summed E-state index contributed by atoms with van der Waals surface area (Å²) in [5.41, 5.74) is -0.303. The molecule has 0 fully saturated rings. The first kappa shape index (κ1) is 33.7. The average Bonchev–Trinajstić information content (AvgIpc) is 3.77. The van der Waals surface area contributed by atoms with Gasteiger partial charge in [-0.3, -0.25) is 0 Å². The molecule has 246 valence electrons. The van der Waals surface area contributed by atoms with E-state index in [9.17, 15) is 28.0 Å². The molecule has 5 rings (SSSR count). The molecule has 0 radical (unpaired) electrons. The summed E-state index contributed by atoms with van der Waals surface area (Å²) in [6, 6.07) is 13.0. The predicted molar refractivity (Wildman–Crippen MR) is 162 cm³/mol. The molecule has 0 unspecified atom stereocenters. The Kier molecular flexibility index (Phi) is 9.46. The Hall–Kier alpha value is -4.69. The summed E-state index contributed by atoms with van der Waals surface area (Å²) in [5.74, 6) is 0.936. The minimum atomic E-state index is -4.65. The molecule has 0 aliphatic carbocycles. The molecule has 2 aromatic carbocycles. The molecule has 3 aromatic heterocycles. The quantitative estimate of drug-likeness (QED) is 0.140. The third kappa shape index (κ3) is 6.88. The van der Waals surface area contributed by atoms with E-state index < -0.39 is 29.5 Å². The van der Waals surface area contributed by atoms with Crippen LogP contribution in [0, 0.1) is 18.3 Å².